The second-order valence-corrected chi connectivity index (χ2v) is 6.77. The normalized spacial score (nSPS) is 16.1. The van der Waals surface area contributed by atoms with Crippen molar-refractivity contribution in [2.75, 3.05) is 0 Å². The molecule has 1 aromatic carbocycles. The zero-order valence-electron chi connectivity index (χ0n) is 13.7. The number of rotatable bonds is 5. The van der Waals surface area contributed by atoms with Crippen LogP contribution in [0.1, 0.15) is 48.5 Å². The minimum absolute atomic E-state index is 0.0187. The summed E-state index contributed by atoms with van der Waals surface area (Å²) in [6.45, 7) is 2.25. The summed E-state index contributed by atoms with van der Waals surface area (Å²) in [5.74, 6) is 0.451. The molecular weight excluding hydrogens is 326 g/mol. The van der Waals surface area contributed by atoms with Crippen molar-refractivity contribution in [3.05, 3.63) is 52.4 Å². The highest BCUT2D eigenvalue weighted by Crippen LogP contribution is 2.36. The average Bonchev–Trinajstić information content (AvgIpc) is 3.22. The molecule has 0 unspecified atom stereocenters. The summed E-state index contributed by atoms with van der Waals surface area (Å²) in [7, 11) is 0. The molecule has 1 atom stereocenters. The molecule has 128 valence electrons. The van der Waals surface area contributed by atoms with Crippen LogP contribution in [0.2, 0.25) is 5.02 Å². The molecule has 0 spiro atoms. The molecule has 3 rings (SSSR count). The number of carbonyl (C=O) groups excluding carboxylic acids is 1. The molecule has 2 aromatic rings. The maximum atomic E-state index is 12.4. The van der Waals surface area contributed by atoms with Gasteiger partial charge in [-0.2, -0.15) is 0 Å². The van der Waals surface area contributed by atoms with Crippen molar-refractivity contribution in [1.29, 1.82) is 0 Å². The van der Waals surface area contributed by atoms with E-state index in [1.54, 1.807) is 6.26 Å². The number of urea groups is 1. The van der Waals surface area contributed by atoms with Gasteiger partial charge >= 0.3 is 6.03 Å². The summed E-state index contributed by atoms with van der Waals surface area (Å²) in [4.78, 5) is 12.4. The van der Waals surface area contributed by atoms with Crippen molar-refractivity contribution in [3.8, 4) is 0 Å². The van der Waals surface area contributed by atoms with E-state index in [1.165, 1.54) is 12.8 Å². The first-order valence-corrected chi connectivity index (χ1v) is 8.71. The summed E-state index contributed by atoms with van der Waals surface area (Å²) in [5.41, 5.74) is 2.73. The number of hydrogen-bond donors (Lipinski definition) is 2. The monoisotopic (exact) mass is 347 g/mol. The number of nitrogens with one attached hydrogen (secondary N) is 2. The lowest BCUT2D eigenvalue weighted by Gasteiger charge is -2.25. The highest BCUT2D eigenvalue weighted by Gasteiger charge is 2.27. The predicted octanol–water partition coefficient (Wildman–Crippen LogP) is 4.37. The van der Waals surface area contributed by atoms with E-state index in [2.05, 4.69) is 15.8 Å². The van der Waals surface area contributed by atoms with E-state index in [1.807, 2.05) is 31.2 Å². The van der Waals surface area contributed by atoms with E-state index in [9.17, 15) is 4.79 Å². The van der Waals surface area contributed by atoms with Crippen molar-refractivity contribution in [3.63, 3.8) is 0 Å². The Labute approximate surface area is 146 Å². The van der Waals surface area contributed by atoms with Gasteiger partial charge in [0.2, 0.25) is 0 Å². The molecule has 24 heavy (non-hydrogen) atoms. The molecule has 1 aromatic heterocycles. The van der Waals surface area contributed by atoms with Gasteiger partial charge in [0.05, 0.1) is 11.7 Å². The molecular formula is C18H22ClN3O2. The van der Waals surface area contributed by atoms with E-state index in [4.69, 9.17) is 16.1 Å². The van der Waals surface area contributed by atoms with Crippen molar-refractivity contribution in [2.45, 2.75) is 45.2 Å². The fourth-order valence-corrected chi connectivity index (χ4v) is 3.51. The number of aromatic nitrogens is 1. The van der Waals surface area contributed by atoms with E-state index in [0.29, 0.717) is 17.5 Å². The SMILES string of the molecule is Cc1nocc1CNC(=O)N[C@H](c1cccc(Cl)c1)C1CCCC1. The van der Waals surface area contributed by atoms with Crippen molar-refractivity contribution >= 4 is 17.6 Å². The molecule has 1 fully saturated rings. The third-order valence-electron chi connectivity index (χ3n) is 4.65. The minimum Gasteiger partial charge on any atom is -0.364 e. The zero-order valence-corrected chi connectivity index (χ0v) is 14.5. The van der Waals surface area contributed by atoms with Gasteiger partial charge in [0.15, 0.2) is 0 Å². The Balaban J connectivity index is 1.67. The molecule has 0 aliphatic heterocycles. The Bertz CT molecular complexity index is 695. The van der Waals surface area contributed by atoms with Gasteiger partial charge in [-0.05, 0) is 43.4 Å². The van der Waals surface area contributed by atoms with Crippen LogP contribution in [-0.2, 0) is 6.54 Å². The summed E-state index contributed by atoms with van der Waals surface area (Å²) in [6, 6.07) is 7.54. The fourth-order valence-electron chi connectivity index (χ4n) is 3.31. The number of hydrogen-bond acceptors (Lipinski definition) is 3. The molecule has 1 saturated carbocycles. The largest absolute Gasteiger partial charge is 0.364 e. The van der Waals surface area contributed by atoms with Crippen LogP contribution in [0.3, 0.4) is 0 Å². The van der Waals surface area contributed by atoms with Gasteiger partial charge in [-0.15, -0.1) is 0 Å². The molecule has 2 amide bonds. The molecule has 0 radical (unpaired) electrons. The number of benzene rings is 1. The highest BCUT2D eigenvalue weighted by atomic mass is 35.5. The molecule has 1 aliphatic rings. The summed E-state index contributed by atoms with van der Waals surface area (Å²) in [5, 5.41) is 10.5. The summed E-state index contributed by atoms with van der Waals surface area (Å²) >= 11 is 6.13. The van der Waals surface area contributed by atoms with Crippen LogP contribution in [0, 0.1) is 12.8 Å². The van der Waals surface area contributed by atoms with Crippen LogP contribution >= 0.6 is 11.6 Å². The smallest absolute Gasteiger partial charge is 0.315 e. The van der Waals surface area contributed by atoms with Gasteiger partial charge in [-0.3, -0.25) is 0 Å². The van der Waals surface area contributed by atoms with Gasteiger partial charge in [0.1, 0.15) is 6.26 Å². The first-order valence-electron chi connectivity index (χ1n) is 8.33. The second-order valence-electron chi connectivity index (χ2n) is 6.33. The fraction of sp³-hybridized carbons (Fsp3) is 0.444. The molecule has 0 bridgehead atoms. The molecule has 6 heteroatoms. The van der Waals surface area contributed by atoms with Crippen LogP contribution in [0.4, 0.5) is 4.79 Å². The molecule has 5 nitrogen and oxygen atoms in total. The standard InChI is InChI=1S/C18H22ClN3O2/c1-12-15(11-24-22-12)10-20-18(23)21-17(13-5-2-3-6-13)14-7-4-8-16(19)9-14/h4,7-9,11,13,17H,2-3,5-6,10H2,1H3,(H2,20,21,23)/t17-/m0/s1. The van der Waals surface area contributed by atoms with E-state index < -0.39 is 0 Å². The van der Waals surface area contributed by atoms with Crippen LogP contribution < -0.4 is 10.6 Å². The first kappa shape index (κ1) is 16.8. The molecule has 1 aliphatic carbocycles. The lowest BCUT2D eigenvalue weighted by molar-refractivity contribution is 0.230. The second kappa shape index (κ2) is 7.71. The third kappa shape index (κ3) is 4.09. The summed E-state index contributed by atoms with van der Waals surface area (Å²) < 4.78 is 4.89. The predicted molar refractivity (Wildman–Crippen MR) is 92.8 cm³/mol. The lowest BCUT2D eigenvalue weighted by Crippen LogP contribution is -2.40. The van der Waals surface area contributed by atoms with Crippen molar-refractivity contribution < 1.29 is 9.32 Å². The molecule has 0 saturated heterocycles. The van der Waals surface area contributed by atoms with E-state index >= 15 is 0 Å². The van der Waals surface area contributed by atoms with Crippen molar-refractivity contribution in [1.82, 2.24) is 15.8 Å². The number of carbonyl (C=O) groups is 1. The Morgan fingerprint density at radius 3 is 2.88 bits per heavy atom. The average molecular weight is 348 g/mol. The zero-order chi connectivity index (χ0) is 16.9. The Morgan fingerprint density at radius 1 is 1.42 bits per heavy atom. The molecule has 2 N–H and O–H groups in total. The van der Waals surface area contributed by atoms with Crippen LogP contribution in [-0.4, -0.2) is 11.2 Å². The first-order chi connectivity index (χ1) is 11.6. The maximum Gasteiger partial charge on any atom is 0.315 e. The maximum absolute atomic E-state index is 12.4. The topological polar surface area (TPSA) is 67.2 Å². The Hall–Kier alpha value is -2.01. The third-order valence-corrected chi connectivity index (χ3v) is 4.89. The number of nitrogens with zero attached hydrogens (tertiary/aromatic N) is 1. The van der Waals surface area contributed by atoms with Gasteiger partial charge in [0, 0.05) is 17.1 Å². The minimum atomic E-state index is -0.188. The van der Waals surface area contributed by atoms with Crippen molar-refractivity contribution in [2.24, 2.45) is 5.92 Å². The van der Waals surface area contributed by atoms with Gasteiger partial charge < -0.3 is 15.2 Å². The Kier molecular flexibility index (Phi) is 5.41. The lowest BCUT2D eigenvalue weighted by atomic mass is 9.92. The summed E-state index contributed by atoms with van der Waals surface area (Å²) in [6.07, 6.45) is 6.24. The van der Waals surface area contributed by atoms with E-state index in [0.717, 1.165) is 29.7 Å². The number of amides is 2. The number of halogens is 1. The van der Waals surface area contributed by atoms with Gasteiger partial charge in [0.25, 0.3) is 0 Å². The van der Waals surface area contributed by atoms with E-state index in [-0.39, 0.29) is 12.1 Å². The van der Waals surface area contributed by atoms with Crippen LogP contribution in [0.5, 0.6) is 0 Å². The van der Waals surface area contributed by atoms with Crippen LogP contribution in [0.25, 0.3) is 0 Å². The molecule has 1 heterocycles. The number of aryl methyl sites for hydroxylation is 1. The van der Waals surface area contributed by atoms with Gasteiger partial charge in [-0.1, -0.05) is 41.7 Å². The van der Waals surface area contributed by atoms with Crippen LogP contribution in [0.15, 0.2) is 35.1 Å². The quantitative estimate of drug-likeness (QED) is 0.844. The Morgan fingerprint density at radius 2 is 2.21 bits per heavy atom. The van der Waals surface area contributed by atoms with Gasteiger partial charge in [-0.25, -0.2) is 4.79 Å². The highest BCUT2D eigenvalue weighted by molar-refractivity contribution is 6.30.